The van der Waals surface area contributed by atoms with Crippen molar-refractivity contribution in [2.24, 2.45) is 0 Å². The van der Waals surface area contributed by atoms with Crippen molar-refractivity contribution in [1.29, 1.82) is 0 Å². The number of para-hydroxylation sites is 1. The maximum absolute atomic E-state index is 12.6. The van der Waals surface area contributed by atoms with Gasteiger partial charge in [-0.2, -0.15) is 0 Å². The highest BCUT2D eigenvalue weighted by Gasteiger charge is 2.18. The molecule has 1 N–H and O–H groups in total. The SMILES string of the molecule is COc1ccc(OC)c(C(C)NC(=O)c2ccc(COc3ccccc3)o2)c1. The Labute approximate surface area is 164 Å². The maximum Gasteiger partial charge on any atom is 0.287 e. The number of carbonyl (C=O) groups is 1. The Morgan fingerprint density at radius 2 is 1.79 bits per heavy atom. The van der Waals surface area contributed by atoms with Crippen LogP contribution in [0.2, 0.25) is 0 Å². The van der Waals surface area contributed by atoms with Crippen molar-refractivity contribution in [3.63, 3.8) is 0 Å². The molecule has 0 bridgehead atoms. The van der Waals surface area contributed by atoms with Gasteiger partial charge in [0, 0.05) is 5.56 Å². The molecule has 0 aliphatic rings. The minimum Gasteiger partial charge on any atom is -0.497 e. The second-order valence-electron chi connectivity index (χ2n) is 6.17. The van der Waals surface area contributed by atoms with Gasteiger partial charge in [-0.25, -0.2) is 0 Å². The molecular weight excluding hydrogens is 358 g/mol. The summed E-state index contributed by atoms with van der Waals surface area (Å²) in [5.41, 5.74) is 0.814. The van der Waals surface area contributed by atoms with Crippen molar-refractivity contribution in [2.75, 3.05) is 14.2 Å². The van der Waals surface area contributed by atoms with Crippen LogP contribution < -0.4 is 19.5 Å². The highest BCUT2D eigenvalue weighted by atomic mass is 16.5. The van der Waals surface area contributed by atoms with E-state index in [9.17, 15) is 4.79 Å². The van der Waals surface area contributed by atoms with Crippen molar-refractivity contribution in [3.8, 4) is 17.2 Å². The lowest BCUT2D eigenvalue weighted by atomic mass is 10.1. The number of carbonyl (C=O) groups excluding carboxylic acids is 1. The molecule has 3 rings (SSSR count). The second-order valence-corrected chi connectivity index (χ2v) is 6.17. The van der Waals surface area contributed by atoms with Crippen LogP contribution in [-0.2, 0) is 6.61 Å². The van der Waals surface area contributed by atoms with E-state index in [0.717, 1.165) is 11.3 Å². The van der Waals surface area contributed by atoms with E-state index >= 15 is 0 Å². The maximum atomic E-state index is 12.6. The summed E-state index contributed by atoms with van der Waals surface area (Å²) in [6, 6.07) is 17.9. The first-order valence-corrected chi connectivity index (χ1v) is 8.90. The Bertz CT molecular complexity index is 920. The largest absolute Gasteiger partial charge is 0.497 e. The molecular formula is C22H23NO5. The molecule has 1 unspecified atom stereocenters. The lowest BCUT2D eigenvalue weighted by Gasteiger charge is -2.17. The number of methoxy groups -OCH3 is 2. The van der Waals surface area contributed by atoms with Crippen LogP contribution in [0.3, 0.4) is 0 Å². The van der Waals surface area contributed by atoms with Crippen molar-refractivity contribution in [1.82, 2.24) is 5.32 Å². The number of nitrogens with one attached hydrogen (secondary N) is 1. The standard InChI is InChI=1S/C22H23NO5/c1-15(19-13-17(25-2)9-11-20(19)26-3)23-22(24)21-12-10-18(28-21)14-27-16-7-5-4-6-8-16/h4-13,15H,14H2,1-3H3,(H,23,24). The van der Waals surface area contributed by atoms with Gasteiger partial charge in [-0.15, -0.1) is 0 Å². The van der Waals surface area contributed by atoms with Crippen LogP contribution in [0.15, 0.2) is 65.1 Å². The van der Waals surface area contributed by atoms with Gasteiger partial charge in [-0.3, -0.25) is 4.79 Å². The molecule has 0 aliphatic carbocycles. The third-order valence-corrected chi connectivity index (χ3v) is 4.26. The van der Waals surface area contributed by atoms with E-state index < -0.39 is 0 Å². The number of amides is 1. The fourth-order valence-electron chi connectivity index (χ4n) is 2.77. The summed E-state index contributed by atoms with van der Waals surface area (Å²) in [7, 11) is 3.18. The van der Waals surface area contributed by atoms with Crippen molar-refractivity contribution in [3.05, 3.63) is 77.7 Å². The minimum atomic E-state index is -0.316. The average molecular weight is 381 g/mol. The highest BCUT2D eigenvalue weighted by molar-refractivity contribution is 5.91. The first kappa shape index (κ1) is 19.4. The van der Waals surface area contributed by atoms with E-state index in [1.807, 2.05) is 55.5 Å². The molecule has 6 heteroatoms. The summed E-state index contributed by atoms with van der Waals surface area (Å²) in [5.74, 6) is 2.58. The monoisotopic (exact) mass is 381 g/mol. The topological polar surface area (TPSA) is 69.9 Å². The number of rotatable bonds is 8. The average Bonchev–Trinajstić information content (AvgIpc) is 3.21. The fourth-order valence-corrected chi connectivity index (χ4v) is 2.77. The molecule has 6 nitrogen and oxygen atoms in total. The van der Waals surface area contributed by atoms with Gasteiger partial charge in [-0.05, 0) is 49.4 Å². The smallest absolute Gasteiger partial charge is 0.287 e. The lowest BCUT2D eigenvalue weighted by molar-refractivity contribution is 0.0907. The Morgan fingerprint density at radius 1 is 1.00 bits per heavy atom. The van der Waals surface area contributed by atoms with Gasteiger partial charge in [0.05, 0.1) is 20.3 Å². The Kier molecular flexibility index (Phi) is 6.22. The number of hydrogen-bond acceptors (Lipinski definition) is 5. The Balaban J connectivity index is 1.64. The lowest BCUT2D eigenvalue weighted by Crippen LogP contribution is -2.26. The van der Waals surface area contributed by atoms with Crippen molar-refractivity contribution in [2.45, 2.75) is 19.6 Å². The van der Waals surface area contributed by atoms with Crippen LogP contribution in [0.25, 0.3) is 0 Å². The van der Waals surface area contributed by atoms with Gasteiger partial charge in [0.2, 0.25) is 0 Å². The number of hydrogen-bond donors (Lipinski definition) is 1. The van der Waals surface area contributed by atoms with Gasteiger partial charge in [-0.1, -0.05) is 18.2 Å². The fraction of sp³-hybridized carbons (Fsp3) is 0.227. The zero-order valence-electron chi connectivity index (χ0n) is 16.1. The zero-order chi connectivity index (χ0) is 19.9. The van der Waals surface area contributed by atoms with E-state index in [2.05, 4.69) is 5.32 Å². The molecule has 0 aliphatic heterocycles. The molecule has 1 aromatic heterocycles. The summed E-state index contributed by atoms with van der Waals surface area (Å²) in [4.78, 5) is 12.6. The molecule has 0 radical (unpaired) electrons. The first-order chi connectivity index (χ1) is 13.6. The van der Waals surface area contributed by atoms with Crippen LogP contribution in [-0.4, -0.2) is 20.1 Å². The normalized spacial score (nSPS) is 11.5. The summed E-state index contributed by atoms with van der Waals surface area (Å²) in [6.45, 7) is 2.12. The summed E-state index contributed by atoms with van der Waals surface area (Å²) in [5, 5.41) is 2.92. The Morgan fingerprint density at radius 3 is 2.50 bits per heavy atom. The summed E-state index contributed by atoms with van der Waals surface area (Å²) in [6.07, 6.45) is 0. The molecule has 1 heterocycles. The van der Waals surface area contributed by atoms with Crippen LogP contribution in [0.4, 0.5) is 0 Å². The van der Waals surface area contributed by atoms with E-state index in [1.54, 1.807) is 26.4 Å². The van der Waals surface area contributed by atoms with Gasteiger partial charge >= 0.3 is 0 Å². The van der Waals surface area contributed by atoms with Crippen LogP contribution in [0, 0.1) is 0 Å². The highest BCUT2D eigenvalue weighted by Crippen LogP contribution is 2.29. The van der Waals surface area contributed by atoms with Crippen molar-refractivity contribution >= 4 is 5.91 Å². The number of furan rings is 1. The van der Waals surface area contributed by atoms with E-state index in [0.29, 0.717) is 17.3 Å². The second kappa shape index (κ2) is 8.99. The Hall–Kier alpha value is -3.41. The number of benzene rings is 2. The molecule has 0 spiro atoms. The van der Waals surface area contributed by atoms with Gasteiger partial charge in [0.15, 0.2) is 5.76 Å². The molecule has 0 fully saturated rings. The molecule has 2 aromatic carbocycles. The van der Waals surface area contributed by atoms with Gasteiger partial charge < -0.3 is 23.9 Å². The van der Waals surface area contributed by atoms with E-state index in [-0.39, 0.29) is 24.3 Å². The molecule has 28 heavy (non-hydrogen) atoms. The van der Waals surface area contributed by atoms with Crippen LogP contribution in [0.1, 0.15) is 34.8 Å². The predicted octanol–water partition coefficient (Wildman–Crippen LogP) is 4.37. The van der Waals surface area contributed by atoms with Crippen molar-refractivity contribution < 1.29 is 23.4 Å². The van der Waals surface area contributed by atoms with E-state index in [1.165, 1.54) is 0 Å². The molecule has 1 amide bonds. The molecule has 146 valence electrons. The summed E-state index contributed by atoms with van der Waals surface area (Å²) < 4.78 is 21.9. The first-order valence-electron chi connectivity index (χ1n) is 8.90. The van der Waals surface area contributed by atoms with Crippen LogP contribution >= 0.6 is 0 Å². The van der Waals surface area contributed by atoms with E-state index in [4.69, 9.17) is 18.6 Å². The minimum absolute atomic E-state index is 0.223. The molecule has 0 saturated heterocycles. The summed E-state index contributed by atoms with van der Waals surface area (Å²) >= 11 is 0. The molecule has 0 saturated carbocycles. The quantitative estimate of drug-likeness (QED) is 0.628. The predicted molar refractivity (Wildman–Crippen MR) is 105 cm³/mol. The van der Waals surface area contributed by atoms with Gasteiger partial charge in [0.25, 0.3) is 5.91 Å². The molecule has 3 aromatic rings. The third-order valence-electron chi connectivity index (χ3n) is 4.26. The zero-order valence-corrected chi connectivity index (χ0v) is 16.1. The number of ether oxygens (including phenoxy) is 3. The van der Waals surface area contributed by atoms with Gasteiger partial charge in [0.1, 0.15) is 29.6 Å². The molecule has 1 atom stereocenters. The third kappa shape index (κ3) is 4.65. The van der Waals surface area contributed by atoms with Crippen LogP contribution in [0.5, 0.6) is 17.2 Å².